The first kappa shape index (κ1) is 30.3. The number of benzene rings is 3. The molecule has 1 saturated carbocycles. The number of pyridine rings is 1. The van der Waals surface area contributed by atoms with Gasteiger partial charge in [0.15, 0.2) is 11.6 Å². The first-order valence-electron chi connectivity index (χ1n) is 14.3. The molecule has 5 aromatic rings. The van der Waals surface area contributed by atoms with Crippen molar-refractivity contribution < 1.29 is 27.8 Å². The van der Waals surface area contributed by atoms with Gasteiger partial charge in [-0.05, 0) is 66.4 Å². The number of nitrogens with two attached hydrogens (primary N) is 1. The van der Waals surface area contributed by atoms with E-state index in [9.17, 15) is 14.0 Å². The molecule has 8 nitrogen and oxygen atoms in total. The van der Waals surface area contributed by atoms with Crippen molar-refractivity contribution in [3.05, 3.63) is 102 Å². The van der Waals surface area contributed by atoms with Crippen LogP contribution in [0.4, 0.5) is 20.2 Å². The van der Waals surface area contributed by atoms with Crippen LogP contribution in [-0.4, -0.2) is 37.1 Å². The molecular formula is C34H30F2N4O4S. The van der Waals surface area contributed by atoms with Crippen molar-refractivity contribution in [3.63, 3.8) is 0 Å². The Hall–Kier alpha value is -4.71. The summed E-state index contributed by atoms with van der Waals surface area (Å²) in [6.07, 6.45) is 2.18. The number of halogens is 2. The van der Waals surface area contributed by atoms with Crippen LogP contribution < -0.4 is 20.7 Å². The minimum Gasteiger partial charge on any atom is -0.453 e. The lowest BCUT2D eigenvalue weighted by molar-refractivity contribution is -0.133. The van der Waals surface area contributed by atoms with Crippen molar-refractivity contribution in [1.82, 2.24) is 10.3 Å². The number of fused-ring (bicyclic) bond motifs is 1. The predicted octanol–water partition coefficient (Wildman–Crippen LogP) is 6.70. The highest BCUT2D eigenvalue weighted by molar-refractivity contribution is 7.22. The summed E-state index contributed by atoms with van der Waals surface area (Å²) in [5.41, 5.74) is 7.50. The van der Waals surface area contributed by atoms with Gasteiger partial charge in [-0.1, -0.05) is 24.3 Å². The Bertz CT molecular complexity index is 1860. The molecule has 3 aromatic carbocycles. The fourth-order valence-electron chi connectivity index (χ4n) is 5.04. The molecule has 0 bridgehead atoms. The summed E-state index contributed by atoms with van der Waals surface area (Å²) >= 11 is 1.49. The number of ether oxygens (including phenoxy) is 2. The van der Waals surface area contributed by atoms with Gasteiger partial charge in [0.1, 0.15) is 17.0 Å². The van der Waals surface area contributed by atoms with Gasteiger partial charge in [0.25, 0.3) is 0 Å². The topological polar surface area (TPSA) is 107 Å². The summed E-state index contributed by atoms with van der Waals surface area (Å²) in [6, 6.07) is 21.1. The summed E-state index contributed by atoms with van der Waals surface area (Å²) in [5, 5.41) is 3.33. The van der Waals surface area contributed by atoms with Gasteiger partial charge in [0, 0.05) is 49.1 Å². The maximum Gasteiger partial charge on any atom is 0.247 e. The SMILES string of the molecule is COCCNCc1ccc(-c2cc3nccc(Oc4ccc(N(C(=O)C5(C(N)=O)CC5)c5ccc(F)cc5)cc4F)c3s2)cc1. The molecule has 0 spiro atoms. The molecule has 1 aliphatic rings. The van der Waals surface area contributed by atoms with E-state index in [-0.39, 0.29) is 17.1 Å². The molecule has 0 saturated heterocycles. The Balaban J connectivity index is 1.25. The molecule has 2 heterocycles. The van der Waals surface area contributed by atoms with E-state index in [1.54, 1.807) is 19.4 Å². The van der Waals surface area contributed by atoms with E-state index in [0.717, 1.165) is 39.9 Å². The molecule has 2 amide bonds. The van der Waals surface area contributed by atoms with E-state index >= 15 is 4.39 Å². The quantitative estimate of drug-likeness (QED) is 0.118. The van der Waals surface area contributed by atoms with Gasteiger partial charge in [-0.2, -0.15) is 0 Å². The zero-order chi connectivity index (χ0) is 31.6. The standard InChI is InChI=1S/C34H30F2N4O4S/c1-43-17-16-38-20-21-2-4-22(5-3-21)30-19-27-31(45-30)29(12-15-39-27)44-28-11-10-25(18-26(28)36)40(24-8-6-23(35)7-9-24)33(42)34(13-14-34)32(37)41/h2-12,15,18-19,38H,13-14,16-17,20H2,1H3,(H2,37,41). The van der Waals surface area contributed by atoms with E-state index in [0.29, 0.717) is 30.7 Å². The fourth-order valence-corrected chi connectivity index (χ4v) is 6.11. The number of nitrogens with one attached hydrogen (secondary N) is 1. The van der Waals surface area contributed by atoms with Crippen LogP contribution in [0.15, 0.2) is 85.1 Å². The predicted molar refractivity (Wildman–Crippen MR) is 170 cm³/mol. The third kappa shape index (κ3) is 6.28. The van der Waals surface area contributed by atoms with Crippen molar-refractivity contribution in [3.8, 4) is 21.9 Å². The van der Waals surface area contributed by atoms with Gasteiger partial charge >= 0.3 is 0 Å². The van der Waals surface area contributed by atoms with Crippen LogP contribution in [0.25, 0.3) is 20.7 Å². The summed E-state index contributed by atoms with van der Waals surface area (Å²) < 4.78 is 41.1. The Kier molecular flexibility index (Phi) is 8.57. The highest BCUT2D eigenvalue weighted by Gasteiger charge is 2.57. The molecule has 45 heavy (non-hydrogen) atoms. The Morgan fingerprint density at radius 3 is 2.38 bits per heavy atom. The van der Waals surface area contributed by atoms with E-state index in [1.165, 1.54) is 52.6 Å². The van der Waals surface area contributed by atoms with E-state index in [1.807, 2.05) is 6.07 Å². The molecule has 1 aliphatic carbocycles. The van der Waals surface area contributed by atoms with Gasteiger partial charge in [-0.25, -0.2) is 8.78 Å². The number of carbonyl (C=O) groups is 2. The van der Waals surface area contributed by atoms with Crippen LogP contribution >= 0.6 is 11.3 Å². The number of rotatable bonds is 12. The van der Waals surface area contributed by atoms with Gasteiger partial charge in [-0.15, -0.1) is 11.3 Å². The third-order valence-corrected chi connectivity index (χ3v) is 8.93. The second-order valence-electron chi connectivity index (χ2n) is 10.8. The summed E-state index contributed by atoms with van der Waals surface area (Å²) in [5.74, 6) is -2.20. The van der Waals surface area contributed by atoms with Crippen molar-refractivity contribution in [1.29, 1.82) is 0 Å². The van der Waals surface area contributed by atoms with Crippen molar-refractivity contribution in [2.24, 2.45) is 11.1 Å². The van der Waals surface area contributed by atoms with Crippen molar-refractivity contribution in [2.45, 2.75) is 19.4 Å². The molecule has 11 heteroatoms. The minimum absolute atomic E-state index is 0.0610. The normalized spacial score (nSPS) is 13.5. The number of carbonyl (C=O) groups excluding carboxylic acids is 2. The number of thiophene rings is 1. The number of nitrogens with zero attached hydrogens (tertiary/aromatic N) is 2. The van der Waals surface area contributed by atoms with Crippen LogP contribution in [0, 0.1) is 17.0 Å². The van der Waals surface area contributed by atoms with Gasteiger partial charge < -0.3 is 20.5 Å². The summed E-state index contributed by atoms with van der Waals surface area (Å²) in [4.78, 5) is 32.4. The zero-order valence-electron chi connectivity index (χ0n) is 24.4. The molecule has 230 valence electrons. The average molecular weight is 629 g/mol. The largest absolute Gasteiger partial charge is 0.453 e. The highest BCUT2D eigenvalue weighted by atomic mass is 32.1. The fraction of sp³-hybridized carbons (Fsp3) is 0.206. The number of amides is 2. The Labute approximate surface area is 262 Å². The highest BCUT2D eigenvalue weighted by Crippen LogP contribution is 2.49. The molecule has 0 aliphatic heterocycles. The van der Waals surface area contributed by atoms with Gasteiger partial charge in [0.2, 0.25) is 11.8 Å². The number of aromatic nitrogens is 1. The van der Waals surface area contributed by atoms with Crippen molar-refractivity contribution in [2.75, 3.05) is 25.2 Å². The molecule has 0 unspecified atom stereocenters. The molecule has 3 N–H and O–H groups in total. The van der Waals surface area contributed by atoms with Gasteiger partial charge in [-0.3, -0.25) is 19.5 Å². The molecular weight excluding hydrogens is 598 g/mol. The van der Waals surface area contributed by atoms with E-state index in [4.69, 9.17) is 15.2 Å². The smallest absolute Gasteiger partial charge is 0.247 e. The van der Waals surface area contributed by atoms with E-state index < -0.39 is 28.9 Å². The Morgan fingerprint density at radius 2 is 1.71 bits per heavy atom. The number of hydrogen-bond acceptors (Lipinski definition) is 7. The first-order chi connectivity index (χ1) is 21.8. The number of primary amides is 1. The van der Waals surface area contributed by atoms with Crippen LogP contribution in [0.2, 0.25) is 0 Å². The third-order valence-electron chi connectivity index (χ3n) is 7.74. The zero-order valence-corrected chi connectivity index (χ0v) is 25.2. The summed E-state index contributed by atoms with van der Waals surface area (Å²) in [6.45, 7) is 2.16. The van der Waals surface area contributed by atoms with Crippen molar-refractivity contribution >= 4 is 44.7 Å². The first-order valence-corrected chi connectivity index (χ1v) is 15.2. The average Bonchev–Trinajstić information content (AvgIpc) is 3.75. The summed E-state index contributed by atoms with van der Waals surface area (Å²) in [7, 11) is 1.67. The lowest BCUT2D eigenvalue weighted by Gasteiger charge is -2.26. The number of hydrogen-bond donors (Lipinski definition) is 2. The lowest BCUT2D eigenvalue weighted by Crippen LogP contribution is -2.41. The monoisotopic (exact) mass is 628 g/mol. The minimum atomic E-state index is -1.37. The molecule has 6 rings (SSSR count). The maximum absolute atomic E-state index is 15.6. The maximum atomic E-state index is 15.6. The molecule has 1 fully saturated rings. The van der Waals surface area contributed by atoms with Crippen LogP contribution in [0.5, 0.6) is 11.5 Å². The Morgan fingerprint density at radius 1 is 0.978 bits per heavy atom. The second-order valence-corrected chi connectivity index (χ2v) is 11.8. The van der Waals surface area contributed by atoms with Crippen LogP contribution in [0.1, 0.15) is 18.4 Å². The van der Waals surface area contributed by atoms with Crippen LogP contribution in [-0.2, 0) is 20.9 Å². The van der Waals surface area contributed by atoms with Gasteiger partial charge in [0.05, 0.1) is 22.5 Å². The number of anilines is 2. The lowest BCUT2D eigenvalue weighted by atomic mass is 10.0. The van der Waals surface area contributed by atoms with Crippen LogP contribution in [0.3, 0.4) is 0 Å². The second kappa shape index (κ2) is 12.7. The van der Waals surface area contributed by atoms with E-state index in [2.05, 4.69) is 34.6 Å². The molecule has 0 radical (unpaired) electrons. The molecule has 2 aromatic heterocycles. The molecule has 0 atom stereocenters. The number of methoxy groups -OCH3 is 1.